The molecule has 0 bridgehead atoms. The molecule has 19 heavy (non-hydrogen) atoms. The van der Waals surface area contributed by atoms with Crippen LogP contribution in [0.5, 0.6) is 0 Å². The molecular weight excluding hydrogens is 266 g/mol. The summed E-state index contributed by atoms with van der Waals surface area (Å²) in [5.74, 6) is 0.862. The molecule has 0 aliphatic carbocycles. The summed E-state index contributed by atoms with van der Waals surface area (Å²) in [4.78, 5) is 2.21. The minimum absolute atomic E-state index is 0.0261. The Kier molecular flexibility index (Phi) is 4.29. The summed E-state index contributed by atoms with van der Waals surface area (Å²) >= 11 is 0. The fourth-order valence-electron chi connectivity index (χ4n) is 2.40. The number of furan rings is 1. The molecule has 0 saturated carbocycles. The van der Waals surface area contributed by atoms with Gasteiger partial charge < -0.3 is 15.1 Å². The van der Waals surface area contributed by atoms with Crippen LogP contribution in [0.4, 0.5) is 0 Å². The van der Waals surface area contributed by atoms with E-state index >= 15 is 0 Å². The van der Waals surface area contributed by atoms with Gasteiger partial charge in [-0.2, -0.15) is 4.31 Å². The molecule has 1 fully saturated rings. The molecule has 2 rings (SSSR count). The predicted octanol–water partition coefficient (Wildman–Crippen LogP) is 0.311. The molecule has 1 saturated heterocycles. The highest BCUT2D eigenvalue weighted by Gasteiger charge is 2.29. The van der Waals surface area contributed by atoms with E-state index in [1.54, 1.807) is 13.1 Å². The van der Waals surface area contributed by atoms with E-state index in [1.165, 1.54) is 10.4 Å². The lowest BCUT2D eigenvalue weighted by atomic mass is 10.1. The summed E-state index contributed by atoms with van der Waals surface area (Å²) in [7, 11) is 0.105. The summed E-state index contributed by atoms with van der Waals surface area (Å²) in [6.07, 6.45) is 1.03. The van der Waals surface area contributed by atoms with Crippen LogP contribution in [0.25, 0.3) is 0 Å². The number of sulfonamides is 1. The fourth-order valence-corrected chi connectivity index (χ4v) is 3.56. The van der Waals surface area contributed by atoms with Crippen LogP contribution in [0.15, 0.2) is 21.6 Å². The largest absolute Gasteiger partial charge is 0.447 e. The molecule has 1 unspecified atom stereocenters. The van der Waals surface area contributed by atoms with E-state index in [0.29, 0.717) is 18.2 Å². The van der Waals surface area contributed by atoms with Gasteiger partial charge in [0.05, 0.1) is 6.54 Å². The predicted molar refractivity (Wildman–Crippen MR) is 72.0 cm³/mol. The van der Waals surface area contributed by atoms with Gasteiger partial charge in [-0.25, -0.2) is 8.42 Å². The van der Waals surface area contributed by atoms with Gasteiger partial charge in [-0.3, -0.25) is 0 Å². The minimum atomic E-state index is -3.54. The Morgan fingerprint density at radius 1 is 1.53 bits per heavy atom. The zero-order chi connectivity index (χ0) is 14.0. The maximum atomic E-state index is 12.3. The molecule has 0 aromatic carbocycles. The van der Waals surface area contributed by atoms with Crippen molar-refractivity contribution in [3.05, 3.63) is 17.9 Å². The number of likely N-dealkylation sites (tertiary alicyclic amines) is 1. The van der Waals surface area contributed by atoms with Gasteiger partial charge in [0.1, 0.15) is 5.76 Å². The van der Waals surface area contributed by atoms with Crippen LogP contribution in [0.3, 0.4) is 0 Å². The van der Waals surface area contributed by atoms with Gasteiger partial charge >= 0.3 is 0 Å². The van der Waals surface area contributed by atoms with E-state index in [4.69, 9.17) is 10.2 Å². The van der Waals surface area contributed by atoms with E-state index in [0.717, 1.165) is 19.5 Å². The zero-order valence-electron chi connectivity index (χ0n) is 11.4. The van der Waals surface area contributed by atoms with E-state index in [1.807, 2.05) is 0 Å². The number of hydrogen-bond donors (Lipinski definition) is 1. The summed E-state index contributed by atoms with van der Waals surface area (Å²) in [5.41, 5.74) is 5.42. The lowest BCUT2D eigenvalue weighted by Crippen LogP contribution is -2.32. The molecule has 6 nitrogen and oxygen atoms in total. The molecule has 1 aliphatic rings. The van der Waals surface area contributed by atoms with Gasteiger partial charge in [0.25, 0.3) is 10.0 Å². The monoisotopic (exact) mass is 287 g/mol. The smallest absolute Gasteiger partial charge is 0.276 e. The van der Waals surface area contributed by atoms with Crippen molar-refractivity contribution < 1.29 is 12.8 Å². The first-order valence-corrected chi connectivity index (χ1v) is 7.81. The zero-order valence-corrected chi connectivity index (χ0v) is 12.2. The summed E-state index contributed by atoms with van der Waals surface area (Å²) in [6, 6.07) is 3.07. The third kappa shape index (κ3) is 3.17. The molecule has 0 radical (unpaired) electrons. The fraction of sp³-hybridized carbons (Fsp3) is 0.667. The first-order valence-electron chi connectivity index (χ1n) is 6.37. The van der Waals surface area contributed by atoms with E-state index < -0.39 is 10.0 Å². The van der Waals surface area contributed by atoms with Gasteiger partial charge in [0.15, 0.2) is 0 Å². The van der Waals surface area contributed by atoms with Crippen molar-refractivity contribution in [3.63, 3.8) is 0 Å². The second-order valence-corrected chi connectivity index (χ2v) is 7.10. The molecule has 2 heterocycles. The van der Waals surface area contributed by atoms with Crippen LogP contribution < -0.4 is 5.73 Å². The number of nitrogens with two attached hydrogens (primary N) is 1. The van der Waals surface area contributed by atoms with Crippen molar-refractivity contribution >= 4 is 10.0 Å². The average molecular weight is 287 g/mol. The maximum absolute atomic E-state index is 12.3. The first-order chi connectivity index (χ1) is 8.93. The second-order valence-electron chi connectivity index (χ2n) is 5.13. The van der Waals surface area contributed by atoms with Crippen LogP contribution in [-0.4, -0.2) is 51.4 Å². The molecule has 1 aromatic heterocycles. The molecule has 108 valence electrons. The Bertz CT molecular complexity index is 526. The Morgan fingerprint density at radius 3 is 2.79 bits per heavy atom. The van der Waals surface area contributed by atoms with Crippen molar-refractivity contribution in [1.29, 1.82) is 0 Å². The van der Waals surface area contributed by atoms with Gasteiger partial charge in [-0.05, 0) is 38.1 Å². The standard InChI is InChI=1S/C12H21N3O3S/c1-14-6-5-10(8-14)9-15(2)19(16,17)12-4-3-11(7-13)18-12/h3-4,10H,5-9,13H2,1-2H3. The summed E-state index contributed by atoms with van der Waals surface area (Å²) < 4.78 is 31.2. The quantitative estimate of drug-likeness (QED) is 0.843. The lowest BCUT2D eigenvalue weighted by molar-refractivity contribution is 0.344. The number of nitrogens with zero attached hydrogens (tertiary/aromatic N) is 2. The lowest BCUT2D eigenvalue weighted by Gasteiger charge is -2.19. The molecule has 1 aliphatic heterocycles. The Balaban J connectivity index is 2.06. The van der Waals surface area contributed by atoms with Crippen LogP contribution in [0.2, 0.25) is 0 Å². The number of hydrogen-bond acceptors (Lipinski definition) is 5. The van der Waals surface area contributed by atoms with Crippen molar-refractivity contribution in [3.8, 4) is 0 Å². The highest BCUT2D eigenvalue weighted by atomic mass is 32.2. The molecule has 1 aromatic rings. The number of rotatable bonds is 5. The third-order valence-electron chi connectivity index (χ3n) is 3.51. The SMILES string of the molecule is CN1CCC(CN(C)S(=O)(=O)c2ccc(CN)o2)C1. The van der Waals surface area contributed by atoms with Gasteiger partial charge in [-0.15, -0.1) is 0 Å². The van der Waals surface area contributed by atoms with E-state index in [9.17, 15) is 8.42 Å². The van der Waals surface area contributed by atoms with Crippen LogP contribution >= 0.6 is 0 Å². The highest BCUT2D eigenvalue weighted by Crippen LogP contribution is 2.21. The topological polar surface area (TPSA) is 79.8 Å². The summed E-state index contributed by atoms with van der Waals surface area (Å²) in [6.45, 7) is 2.68. The molecule has 0 spiro atoms. The highest BCUT2D eigenvalue weighted by molar-refractivity contribution is 7.89. The summed E-state index contributed by atoms with van der Waals surface area (Å²) in [5, 5.41) is -0.0261. The molecule has 0 amide bonds. The second kappa shape index (κ2) is 5.62. The Hall–Kier alpha value is -0.890. The normalized spacial score (nSPS) is 21.4. The van der Waals surface area contributed by atoms with Crippen LogP contribution in [0, 0.1) is 5.92 Å². The van der Waals surface area contributed by atoms with Crippen molar-refractivity contribution in [1.82, 2.24) is 9.21 Å². The minimum Gasteiger partial charge on any atom is -0.447 e. The van der Waals surface area contributed by atoms with E-state index in [-0.39, 0.29) is 11.6 Å². The van der Waals surface area contributed by atoms with Crippen LogP contribution in [-0.2, 0) is 16.6 Å². The van der Waals surface area contributed by atoms with Gasteiger partial charge in [0, 0.05) is 20.1 Å². The average Bonchev–Trinajstić information content (AvgIpc) is 2.98. The molecule has 2 N–H and O–H groups in total. The van der Waals surface area contributed by atoms with Crippen molar-refractivity contribution in [2.24, 2.45) is 11.7 Å². The first kappa shape index (κ1) is 14.5. The van der Waals surface area contributed by atoms with Crippen LogP contribution in [0.1, 0.15) is 12.2 Å². The van der Waals surface area contributed by atoms with Gasteiger partial charge in [0.2, 0.25) is 5.09 Å². The molecule has 7 heteroatoms. The Labute approximate surface area is 114 Å². The van der Waals surface area contributed by atoms with Crippen molar-refractivity contribution in [2.75, 3.05) is 33.7 Å². The third-order valence-corrected chi connectivity index (χ3v) is 5.20. The van der Waals surface area contributed by atoms with Gasteiger partial charge in [-0.1, -0.05) is 0 Å². The molecular formula is C12H21N3O3S. The Morgan fingerprint density at radius 2 is 2.26 bits per heavy atom. The maximum Gasteiger partial charge on any atom is 0.276 e. The molecule has 1 atom stereocenters. The van der Waals surface area contributed by atoms with E-state index in [2.05, 4.69) is 11.9 Å². The van der Waals surface area contributed by atoms with Crippen molar-refractivity contribution in [2.45, 2.75) is 18.1 Å².